The van der Waals surface area contributed by atoms with E-state index in [1.165, 1.54) is 5.56 Å². The van der Waals surface area contributed by atoms with Gasteiger partial charge in [0, 0.05) is 37.4 Å². The van der Waals surface area contributed by atoms with Gasteiger partial charge in [-0.25, -0.2) is 14.4 Å². The van der Waals surface area contributed by atoms with Crippen LogP contribution < -0.4 is 10.6 Å². The fourth-order valence-electron chi connectivity index (χ4n) is 5.30. The maximum Gasteiger partial charge on any atom is 0.254 e. The molecule has 1 aromatic carbocycles. The second kappa shape index (κ2) is 9.24. The molecule has 4 aromatic rings. The smallest absolute Gasteiger partial charge is 0.254 e. The minimum atomic E-state index is -0.343. The van der Waals surface area contributed by atoms with Gasteiger partial charge in [0.2, 0.25) is 0 Å². The number of hydrogen-bond donors (Lipinski definition) is 2. The minimum Gasteiger partial charge on any atom is -0.381 e. The Bertz CT molecular complexity index is 1520. The summed E-state index contributed by atoms with van der Waals surface area (Å²) in [5, 5.41) is 6.33. The largest absolute Gasteiger partial charge is 0.381 e. The molecule has 0 spiro atoms. The Labute approximate surface area is 214 Å². The van der Waals surface area contributed by atoms with Crippen LogP contribution >= 0.6 is 0 Å². The Morgan fingerprint density at radius 2 is 2.11 bits per heavy atom. The summed E-state index contributed by atoms with van der Waals surface area (Å²) in [5.41, 5.74) is 6.72. The number of nitrogens with zero attached hydrogens (tertiary/aromatic N) is 4. The average molecular weight is 501 g/mol. The molecule has 37 heavy (non-hydrogen) atoms. The van der Waals surface area contributed by atoms with Gasteiger partial charge < -0.3 is 20.3 Å². The van der Waals surface area contributed by atoms with Gasteiger partial charge in [0.1, 0.15) is 5.82 Å². The van der Waals surface area contributed by atoms with Crippen LogP contribution in [0.15, 0.2) is 42.7 Å². The predicted octanol–water partition coefficient (Wildman–Crippen LogP) is 4.40. The maximum atomic E-state index is 14.6. The molecular weight excluding hydrogens is 471 g/mol. The van der Waals surface area contributed by atoms with Gasteiger partial charge in [-0.15, -0.1) is 0 Å². The summed E-state index contributed by atoms with van der Waals surface area (Å²) in [4.78, 5) is 24.3. The van der Waals surface area contributed by atoms with Gasteiger partial charge in [-0.2, -0.15) is 0 Å². The fourth-order valence-corrected chi connectivity index (χ4v) is 5.30. The molecule has 2 aliphatic rings. The molecule has 5 heterocycles. The van der Waals surface area contributed by atoms with E-state index >= 15 is 0 Å². The highest BCUT2D eigenvalue weighted by molar-refractivity contribution is 6.06. The number of fused-ring (bicyclic) bond motifs is 2. The van der Waals surface area contributed by atoms with Crippen molar-refractivity contribution in [3.05, 3.63) is 76.5 Å². The van der Waals surface area contributed by atoms with Gasteiger partial charge in [-0.05, 0) is 62.3 Å². The number of anilines is 2. The second-order valence-electron chi connectivity index (χ2n) is 10.0. The van der Waals surface area contributed by atoms with E-state index < -0.39 is 0 Å². The van der Waals surface area contributed by atoms with Crippen LogP contribution in [-0.2, 0) is 17.8 Å². The standard InChI is InChI=1S/C28H29FN6O2/c1-16-8-10-35-23(13-30-27(35)26(16)29)19-4-6-21(25-20(19)12-31-28(25)36)32-24-7-5-18(17-9-11-37-15-17)22(33-24)14-34(2)3/h4-8,10,13,17H,9,11-12,14-15H2,1-3H3,(H,31,36)(H,32,33). The van der Waals surface area contributed by atoms with Crippen molar-refractivity contribution in [2.75, 3.05) is 32.6 Å². The molecular formula is C28H29FN6O2. The third-order valence-corrected chi connectivity index (χ3v) is 7.16. The molecule has 0 radical (unpaired) electrons. The molecule has 8 nitrogen and oxygen atoms in total. The van der Waals surface area contributed by atoms with E-state index in [9.17, 15) is 9.18 Å². The summed E-state index contributed by atoms with van der Waals surface area (Å²) in [6, 6.07) is 9.65. The lowest BCUT2D eigenvalue weighted by Crippen LogP contribution is -2.16. The number of hydrogen-bond acceptors (Lipinski definition) is 6. The van der Waals surface area contributed by atoms with Crippen molar-refractivity contribution in [3.63, 3.8) is 0 Å². The van der Waals surface area contributed by atoms with Crippen LogP contribution in [0.5, 0.6) is 0 Å². The van der Waals surface area contributed by atoms with E-state index in [1.807, 2.05) is 38.5 Å². The van der Waals surface area contributed by atoms with Crippen LogP contribution in [0.4, 0.5) is 15.9 Å². The first-order valence-corrected chi connectivity index (χ1v) is 12.5. The number of amides is 1. The Morgan fingerprint density at radius 3 is 2.89 bits per heavy atom. The number of benzene rings is 1. The lowest BCUT2D eigenvalue weighted by Gasteiger charge is -2.19. The van der Waals surface area contributed by atoms with Crippen LogP contribution in [0.1, 0.15) is 45.1 Å². The molecule has 0 bridgehead atoms. The zero-order valence-electron chi connectivity index (χ0n) is 21.1. The molecule has 1 unspecified atom stereocenters. The van der Waals surface area contributed by atoms with Gasteiger partial charge in [-0.3, -0.25) is 9.20 Å². The van der Waals surface area contributed by atoms with E-state index in [1.54, 1.807) is 23.6 Å². The van der Waals surface area contributed by atoms with Crippen LogP contribution in [0.2, 0.25) is 0 Å². The predicted molar refractivity (Wildman–Crippen MR) is 140 cm³/mol. The normalized spacial score (nSPS) is 17.0. The topological polar surface area (TPSA) is 83.8 Å². The SMILES string of the molecule is Cc1ccn2c(-c3ccc(Nc4ccc(C5CCOC5)c(CN(C)C)n4)c4c3CNC4=O)cnc2c1F. The van der Waals surface area contributed by atoms with Crippen molar-refractivity contribution >= 4 is 23.1 Å². The van der Waals surface area contributed by atoms with Gasteiger partial charge in [-0.1, -0.05) is 12.1 Å². The summed E-state index contributed by atoms with van der Waals surface area (Å²) >= 11 is 0. The molecule has 190 valence electrons. The molecule has 1 amide bonds. The van der Waals surface area contributed by atoms with Crippen LogP contribution in [0.25, 0.3) is 16.9 Å². The van der Waals surface area contributed by atoms with Gasteiger partial charge in [0.15, 0.2) is 11.5 Å². The van der Waals surface area contributed by atoms with Crippen LogP contribution in [0.3, 0.4) is 0 Å². The highest BCUT2D eigenvalue weighted by atomic mass is 19.1. The lowest BCUT2D eigenvalue weighted by molar-refractivity contribution is 0.0966. The number of rotatable bonds is 6. The van der Waals surface area contributed by atoms with E-state index in [2.05, 4.69) is 26.6 Å². The highest BCUT2D eigenvalue weighted by Gasteiger charge is 2.28. The average Bonchev–Trinajstić information content (AvgIpc) is 3.63. The third kappa shape index (κ3) is 4.14. The first-order chi connectivity index (χ1) is 17.9. The fraction of sp³-hybridized carbons (Fsp3) is 0.321. The second-order valence-corrected chi connectivity index (χ2v) is 10.0. The molecule has 3 aromatic heterocycles. The summed E-state index contributed by atoms with van der Waals surface area (Å²) in [7, 11) is 4.06. The number of pyridine rings is 2. The van der Waals surface area contributed by atoms with E-state index in [-0.39, 0.29) is 17.4 Å². The minimum absolute atomic E-state index is 0.150. The summed E-state index contributed by atoms with van der Waals surface area (Å²) in [6.07, 6.45) is 4.46. The van der Waals surface area contributed by atoms with Crippen molar-refractivity contribution in [2.45, 2.75) is 32.4 Å². The van der Waals surface area contributed by atoms with E-state index in [0.717, 1.165) is 42.1 Å². The van der Waals surface area contributed by atoms with Gasteiger partial charge in [0.25, 0.3) is 5.91 Å². The van der Waals surface area contributed by atoms with Crippen molar-refractivity contribution in [1.29, 1.82) is 0 Å². The molecule has 9 heteroatoms. The Kier molecular flexibility index (Phi) is 5.89. The molecule has 6 rings (SSSR count). The molecule has 2 N–H and O–H groups in total. The quantitative estimate of drug-likeness (QED) is 0.409. The van der Waals surface area contributed by atoms with Crippen LogP contribution in [-0.4, -0.2) is 52.5 Å². The summed E-state index contributed by atoms with van der Waals surface area (Å²) < 4.78 is 22.0. The van der Waals surface area contributed by atoms with Gasteiger partial charge >= 0.3 is 0 Å². The summed E-state index contributed by atoms with van der Waals surface area (Å²) in [5.74, 6) is 0.542. The number of imidazole rings is 1. The van der Waals surface area contributed by atoms with Gasteiger partial charge in [0.05, 0.1) is 35.4 Å². The molecule has 2 aliphatic heterocycles. The Hall–Kier alpha value is -3.82. The number of halogens is 1. The highest BCUT2D eigenvalue weighted by Crippen LogP contribution is 2.36. The first-order valence-electron chi connectivity index (χ1n) is 12.5. The number of carbonyl (C=O) groups is 1. The number of ether oxygens (including phenoxy) is 1. The number of carbonyl (C=O) groups excluding carboxylic acids is 1. The van der Waals surface area contributed by atoms with E-state index in [4.69, 9.17) is 9.72 Å². The van der Waals surface area contributed by atoms with Crippen molar-refractivity contribution < 1.29 is 13.9 Å². The monoisotopic (exact) mass is 500 g/mol. The zero-order valence-corrected chi connectivity index (χ0v) is 21.1. The molecule has 0 saturated carbocycles. The van der Waals surface area contributed by atoms with Crippen molar-refractivity contribution in [1.82, 2.24) is 24.6 Å². The Morgan fingerprint density at radius 1 is 1.24 bits per heavy atom. The molecule has 0 aliphatic carbocycles. The molecule has 1 saturated heterocycles. The third-order valence-electron chi connectivity index (χ3n) is 7.16. The zero-order chi connectivity index (χ0) is 25.7. The van der Waals surface area contributed by atoms with Crippen molar-refractivity contribution in [3.8, 4) is 11.3 Å². The number of aromatic nitrogens is 3. The maximum absolute atomic E-state index is 14.6. The van der Waals surface area contributed by atoms with Crippen LogP contribution in [0, 0.1) is 12.7 Å². The summed E-state index contributed by atoms with van der Waals surface area (Å²) in [6.45, 7) is 4.31. The van der Waals surface area contributed by atoms with Crippen molar-refractivity contribution in [2.24, 2.45) is 0 Å². The van der Waals surface area contributed by atoms with E-state index in [0.29, 0.717) is 41.6 Å². The molecule has 1 atom stereocenters. The first kappa shape index (κ1) is 23.6. The number of aryl methyl sites for hydroxylation is 1. The Balaban J connectivity index is 1.39. The molecule has 1 fully saturated rings. The lowest BCUT2D eigenvalue weighted by atomic mass is 9.96. The number of nitrogens with one attached hydrogen (secondary N) is 2.